The van der Waals surface area contributed by atoms with Gasteiger partial charge in [-0.2, -0.15) is 0 Å². The van der Waals surface area contributed by atoms with Gasteiger partial charge in [0, 0.05) is 39.6 Å². The molecule has 1 aromatic rings. The molecule has 0 radical (unpaired) electrons. The Labute approximate surface area is 114 Å². The molecule has 1 aliphatic heterocycles. The lowest BCUT2D eigenvalue weighted by atomic mass is 9.86. The molecule has 0 saturated carbocycles. The van der Waals surface area contributed by atoms with Crippen molar-refractivity contribution >= 4 is 5.78 Å². The lowest BCUT2D eigenvalue weighted by molar-refractivity contribution is -0.152. The molecule has 1 heterocycles. The zero-order valence-corrected chi connectivity index (χ0v) is 11.6. The van der Waals surface area contributed by atoms with Gasteiger partial charge in [-0.3, -0.25) is 4.79 Å². The van der Waals surface area contributed by atoms with E-state index in [1.165, 1.54) is 5.56 Å². The first-order chi connectivity index (χ1) is 9.27. The van der Waals surface area contributed by atoms with Crippen LogP contribution in [0, 0.1) is 0 Å². The maximum absolute atomic E-state index is 12.4. The van der Waals surface area contributed by atoms with Gasteiger partial charge in [-0.15, -0.1) is 0 Å². The summed E-state index contributed by atoms with van der Waals surface area (Å²) in [5, 5.41) is 0. The van der Waals surface area contributed by atoms with Crippen LogP contribution in [0.25, 0.3) is 0 Å². The number of methoxy groups -OCH3 is 1. The number of ether oxygens (including phenoxy) is 2. The van der Waals surface area contributed by atoms with E-state index in [9.17, 15) is 4.79 Å². The van der Waals surface area contributed by atoms with Crippen LogP contribution in [0.4, 0.5) is 0 Å². The topological polar surface area (TPSA) is 35.5 Å². The Morgan fingerprint density at radius 3 is 2.58 bits per heavy atom. The number of ketones is 1. The minimum absolute atomic E-state index is 0.231. The zero-order valence-electron chi connectivity index (χ0n) is 11.6. The summed E-state index contributed by atoms with van der Waals surface area (Å²) in [6.07, 6.45) is 3.79. The van der Waals surface area contributed by atoms with E-state index < -0.39 is 5.60 Å². The number of Topliss-reactive ketones (excluding diaryl/α,β-unsaturated/α-hetero) is 1. The second-order valence-corrected chi connectivity index (χ2v) is 5.07. The molecule has 2 rings (SSSR count). The van der Waals surface area contributed by atoms with Gasteiger partial charge < -0.3 is 9.47 Å². The van der Waals surface area contributed by atoms with Crippen molar-refractivity contribution in [1.29, 1.82) is 0 Å². The second kappa shape index (κ2) is 6.83. The molecule has 1 aromatic carbocycles. The molecule has 1 fully saturated rings. The summed E-state index contributed by atoms with van der Waals surface area (Å²) >= 11 is 0. The quantitative estimate of drug-likeness (QED) is 0.791. The molecule has 0 atom stereocenters. The van der Waals surface area contributed by atoms with Gasteiger partial charge in [0.25, 0.3) is 0 Å². The molecule has 19 heavy (non-hydrogen) atoms. The third kappa shape index (κ3) is 3.64. The third-order valence-corrected chi connectivity index (χ3v) is 3.91. The first-order valence-electron chi connectivity index (χ1n) is 6.97. The van der Waals surface area contributed by atoms with Crippen molar-refractivity contribution in [2.24, 2.45) is 0 Å². The molecule has 0 spiro atoms. The van der Waals surface area contributed by atoms with Crippen LogP contribution in [0.5, 0.6) is 0 Å². The van der Waals surface area contributed by atoms with Crippen molar-refractivity contribution in [2.45, 2.75) is 37.7 Å². The maximum Gasteiger partial charge on any atom is 0.164 e. The Balaban J connectivity index is 1.83. The van der Waals surface area contributed by atoms with Crippen molar-refractivity contribution in [1.82, 2.24) is 0 Å². The van der Waals surface area contributed by atoms with Crippen LogP contribution >= 0.6 is 0 Å². The third-order valence-electron chi connectivity index (χ3n) is 3.91. The van der Waals surface area contributed by atoms with Crippen molar-refractivity contribution in [2.75, 3.05) is 20.3 Å². The van der Waals surface area contributed by atoms with E-state index in [0.717, 1.165) is 12.8 Å². The van der Waals surface area contributed by atoms with Crippen molar-refractivity contribution in [3.63, 3.8) is 0 Å². The highest BCUT2D eigenvalue weighted by Gasteiger charge is 2.39. The standard InChI is InChI=1S/C16H22O3/c1-18-16(10-12-19-13-11-16)15(17)9-5-8-14-6-3-2-4-7-14/h2-4,6-7H,5,8-13H2,1H3. The number of carbonyl (C=O) groups is 1. The maximum atomic E-state index is 12.4. The van der Waals surface area contributed by atoms with Gasteiger partial charge in [-0.05, 0) is 18.4 Å². The van der Waals surface area contributed by atoms with Crippen molar-refractivity contribution in [3.8, 4) is 0 Å². The number of benzene rings is 1. The average molecular weight is 262 g/mol. The van der Waals surface area contributed by atoms with E-state index in [1.54, 1.807) is 7.11 Å². The predicted octanol–water partition coefficient (Wildman–Crippen LogP) is 2.77. The lowest BCUT2D eigenvalue weighted by Gasteiger charge is -2.34. The van der Waals surface area contributed by atoms with Gasteiger partial charge in [0.05, 0.1) is 0 Å². The highest BCUT2D eigenvalue weighted by atomic mass is 16.5. The highest BCUT2D eigenvalue weighted by Crippen LogP contribution is 2.27. The molecule has 0 amide bonds. The first-order valence-corrected chi connectivity index (χ1v) is 6.97. The van der Waals surface area contributed by atoms with E-state index in [1.807, 2.05) is 18.2 Å². The number of aryl methyl sites for hydroxylation is 1. The van der Waals surface area contributed by atoms with Crippen LogP contribution in [0.3, 0.4) is 0 Å². The van der Waals surface area contributed by atoms with Gasteiger partial charge in [0.1, 0.15) is 5.60 Å². The lowest BCUT2D eigenvalue weighted by Crippen LogP contribution is -2.45. The molecule has 3 nitrogen and oxygen atoms in total. The number of rotatable bonds is 6. The molecule has 1 aliphatic rings. The monoisotopic (exact) mass is 262 g/mol. The Morgan fingerprint density at radius 1 is 1.26 bits per heavy atom. The number of carbonyl (C=O) groups excluding carboxylic acids is 1. The molecular weight excluding hydrogens is 240 g/mol. The normalized spacial score (nSPS) is 18.2. The molecule has 0 aliphatic carbocycles. The Bertz CT molecular complexity index is 394. The molecular formula is C16H22O3. The summed E-state index contributed by atoms with van der Waals surface area (Å²) in [4.78, 5) is 12.4. The van der Waals surface area contributed by atoms with E-state index in [4.69, 9.17) is 9.47 Å². The Morgan fingerprint density at radius 2 is 1.95 bits per heavy atom. The fourth-order valence-corrected chi connectivity index (χ4v) is 2.62. The fourth-order valence-electron chi connectivity index (χ4n) is 2.62. The molecule has 0 bridgehead atoms. The van der Waals surface area contributed by atoms with Gasteiger partial charge in [0.2, 0.25) is 0 Å². The fraction of sp³-hybridized carbons (Fsp3) is 0.562. The molecule has 1 saturated heterocycles. The van der Waals surface area contributed by atoms with Crippen LogP contribution in [-0.4, -0.2) is 31.7 Å². The average Bonchev–Trinajstić information content (AvgIpc) is 2.49. The van der Waals surface area contributed by atoms with E-state index in [2.05, 4.69) is 12.1 Å². The van der Waals surface area contributed by atoms with Gasteiger partial charge in [-0.1, -0.05) is 30.3 Å². The van der Waals surface area contributed by atoms with Crippen molar-refractivity contribution < 1.29 is 14.3 Å². The summed E-state index contributed by atoms with van der Waals surface area (Å²) in [7, 11) is 1.64. The summed E-state index contributed by atoms with van der Waals surface area (Å²) in [5.74, 6) is 0.231. The first kappa shape index (κ1) is 14.2. The van der Waals surface area contributed by atoms with E-state index in [0.29, 0.717) is 32.5 Å². The minimum atomic E-state index is -0.588. The largest absolute Gasteiger partial charge is 0.381 e. The van der Waals surface area contributed by atoms with Crippen LogP contribution in [-0.2, 0) is 20.7 Å². The predicted molar refractivity (Wildman–Crippen MR) is 74.2 cm³/mol. The molecule has 0 N–H and O–H groups in total. The van der Waals surface area contributed by atoms with Gasteiger partial charge in [-0.25, -0.2) is 0 Å². The van der Waals surface area contributed by atoms with E-state index in [-0.39, 0.29) is 5.78 Å². The summed E-state index contributed by atoms with van der Waals surface area (Å²) in [6, 6.07) is 10.3. The number of hydrogen-bond acceptors (Lipinski definition) is 3. The summed E-state index contributed by atoms with van der Waals surface area (Å²) in [5.41, 5.74) is 0.698. The molecule has 0 unspecified atom stereocenters. The van der Waals surface area contributed by atoms with Crippen LogP contribution in [0.2, 0.25) is 0 Å². The summed E-state index contributed by atoms with van der Waals surface area (Å²) < 4.78 is 10.8. The van der Waals surface area contributed by atoms with Gasteiger partial charge in [0.15, 0.2) is 5.78 Å². The van der Waals surface area contributed by atoms with Crippen LogP contribution < -0.4 is 0 Å². The summed E-state index contributed by atoms with van der Waals surface area (Å²) in [6.45, 7) is 1.25. The molecule has 104 valence electrons. The Kier molecular flexibility index (Phi) is 5.11. The van der Waals surface area contributed by atoms with Crippen LogP contribution in [0.1, 0.15) is 31.2 Å². The highest BCUT2D eigenvalue weighted by molar-refractivity contribution is 5.87. The minimum Gasteiger partial charge on any atom is -0.381 e. The Hall–Kier alpha value is -1.19. The molecule has 3 heteroatoms. The SMILES string of the molecule is COC1(C(=O)CCCc2ccccc2)CCOCC1. The van der Waals surface area contributed by atoms with Crippen molar-refractivity contribution in [3.05, 3.63) is 35.9 Å². The zero-order chi connectivity index (χ0) is 13.6. The van der Waals surface area contributed by atoms with Gasteiger partial charge >= 0.3 is 0 Å². The smallest absolute Gasteiger partial charge is 0.164 e. The molecule has 0 aromatic heterocycles. The van der Waals surface area contributed by atoms with E-state index >= 15 is 0 Å². The number of hydrogen-bond donors (Lipinski definition) is 0. The van der Waals surface area contributed by atoms with Crippen LogP contribution in [0.15, 0.2) is 30.3 Å². The second-order valence-electron chi connectivity index (χ2n) is 5.07.